The molecule has 0 radical (unpaired) electrons. The lowest BCUT2D eigenvalue weighted by molar-refractivity contribution is -0.137. The van der Waals surface area contributed by atoms with E-state index in [4.69, 9.17) is 5.11 Å². The average Bonchev–Trinajstić information content (AvgIpc) is 2.24. The summed E-state index contributed by atoms with van der Waals surface area (Å²) in [5, 5.41) is 11.0. The molecule has 98 valence electrons. The highest BCUT2D eigenvalue weighted by Gasteiger charge is 2.14. The van der Waals surface area contributed by atoms with Crippen molar-refractivity contribution in [2.45, 2.75) is 6.92 Å². The molecule has 1 rings (SSSR count). The quantitative estimate of drug-likeness (QED) is 0.899. The summed E-state index contributed by atoms with van der Waals surface area (Å²) in [6.45, 7) is 1.28. The minimum Gasteiger partial charge on any atom is -0.480 e. The average molecular weight is 319 g/mol. The van der Waals surface area contributed by atoms with Crippen molar-refractivity contribution in [1.82, 2.24) is 4.90 Å². The Balaban J connectivity index is 2.82. The number of nitrogens with zero attached hydrogens (tertiary/aromatic N) is 1. The van der Waals surface area contributed by atoms with Gasteiger partial charge in [-0.3, -0.25) is 4.79 Å². The van der Waals surface area contributed by atoms with Crippen LogP contribution in [0.3, 0.4) is 0 Å². The number of rotatable bonds is 3. The summed E-state index contributed by atoms with van der Waals surface area (Å²) in [7, 11) is 1.34. The zero-order valence-electron chi connectivity index (χ0n) is 9.83. The number of urea groups is 1. The number of benzene rings is 1. The second-order valence-corrected chi connectivity index (χ2v) is 4.62. The van der Waals surface area contributed by atoms with Crippen molar-refractivity contribution in [2.75, 3.05) is 18.9 Å². The predicted molar refractivity (Wildman–Crippen MR) is 68.1 cm³/mol. The van der Waals surface area contributed by atoms with Gasteiger partial charge < -0.3 is 15.3 Å². The molecular formula is C11H12BrFN2O3. The van der Waals surface area contributed by atoms with E-state index in [0.717, 1.165) is 4.90 Å². The van der Waals surface area contributed by atoms with Crippen LogP contribution in [0.2, 0.25) is 0 Å². The van der Waals surface area contributed by atoms with E-state index in [-0.39, 0.29) is 0 Å². The number of anilines is 1. The third-order valence-electron chi connectivity index (χ3n) is 2.23. The van der Waals surface area contributed by atoms with Gasteiger partial charge in [0.25, 0.3) is 0 Å². The number of hydrogen-bond acceptors (Lipinski definition) is 2. The molecule has 2 N–H and O–H groups in total. The molecule has 5 nitrogen and oxygen atoms in total. The molecule has 0 aliphatic carbocycles. The van der Waals surface area contributed by atoms with Gasteiger partial charge in [0, 0.05) is 12.7 Å². The maximum absolute atomic E-state index is 13.3. The summed E-state index contributed by atoms with van der Waals surface area (Å²) in [6.07, 6.45) is 0. The molecule has 0 heterocycles. The second-order valence-electron chi connectivity index (χ2n) is 3.76. The number of amides is 2. The molecule has 0 aromatic heterocycles. The van der Waals surface area contributed by atoms with Crippen LogP contribution in [0.5, 0.6) is 0 Å². The van der Waals surface area contributed by atoms with Gasteiger partial charge in [-0.25, -0.2) is 9.18 Å². The van der Waals surface area contributed by atoms with E-state index in [9.17, 15) is 14.0 Å². The van der Waals surface area contributed by atoms with Crippen LogP contribution in [0.15, 0.2) is 16.6 Å². The lowest BCUT2D eigenvalue weighted by Gasteiger charge is -2.17. The molecule has 0 fully saturated rings. The van der Waals surface area contributed by atoms with Gasteiger partial charge in [-0.1, -0.05) is 0 Å². The summed E-state index contributed by atoms with van der Waals surface area (Å²) in [5.74, 6) is -1.62. The molecule has 18 heavy (non-hydrogen) atoms. The van der Waals surface area contributed by atoms with Crippen molar-refractivity contribution in [3.8, 4) is 0 Å². The van der Waals surface area contributed by atoms with Gasteiger partial charge in [0.05, 0.1) is 4.47 Å². The molecule has 0 aliphatic rings. The summed E-state index contributed by atoms with van der Waals surface area (Å²) in [4.78, 5) is 23.0. The number of halogens is 2. The molecule has 7 heteroatoms. The first-order valence-corrected chi connectivity index (χ1v) is 5.80. The van der Waals surface area contributed by atoms with E-state index >= 15 is 0 Å². The highest BCUT2D eigenvalue weighted by Crippen LogP contribution is 2.24. The summed E-state index contributed by atoms with van der Waals surface area (Å²) in [6, 6.07) is 2.09. The highest BCUT2D eigenvalue weighted by atomic mass is 79.9. The van der Waals surface area contributed by atoms with Crippen LogP contribution < -0.4 is 5.32 Å². The van der Waals surface area contributed by atoms with Gasteiger partial charge in [-0.2, -0.15) is 0 Å². The van der Waals surface area contributed by atoms with Crippen LogP contribution in [0.4, 0.5) is 14.9 Å². The van der Waals surface area contributed by atoms with Crippen LogP contribution in [0, 0.1) is 12.7 Å². The Kier molecular flexibility index (Phi) is 4.66. The second kappa shape index (κ2) is 5.81. The summed E-state index contributed by atoms with van der Waals surface area (Å²) in [5.41, 5.74) is 0.971. The number of carbonyl (C=O) groups excluding carboxylic acids is 1. The van der Waals surface area contributed by atoms with Gasteiger partial charge in [0.15, 0.2) is 0 Å². The first-order valence-electron chi connectivity index (χ1n) is 5.01. The van der Waals surface area contributed by atoms with Gasteiger partial charge in [-0.05, 0) is 40.5 Å². The molecule has 0 saturated carbocycles. The van der Waals surface area contributed by atoms with Crippen LogP contribution in [0.1, 0.15) is 5.56 Å². The Hall–Kier alpha value is -1.63. The first-order chi connectivity index (χ1) is 8.31. The number of nitrogens with one attached hydrogen (secondary N) is 1. The molecular weight excluding hydrogens is 307 g/mol. The zero-order chi connectivity index (χ0) is 13.9. The molecule has 0 bridgehead atoms. The van der Waals surface area contributed by atoms with E-state index in [1.165, 1.54) is 19.2 Å². The summed E-state index contributed by atoms with van der Waals surface area (Å²) < 4.78 is 13.6. The normalized spacial score (nSPS) is 10.0. The Bertz CT molecular complexity index is 493. The van der Waals surface area contributed by atoms with Crippen LogP contribution >= 0.6 is 15.9 Å². The first kappa shape index (κ1) is 14.4. The molecule has 1 aromatic rings. The van der Waals surface area contributed by atoms with Crippen LogP contribution in [-0.2, 0) is 4.79 Å². The van der Waals surface area contributed by atoms with Crippen molar-refractivity contribution in [3.05, 3.63) is 28.0 Å². The minimum atomic E-state index is -1.12. The molecule has 0 saturated heterocycles. The maximum atomic E-state index is 13.3. The standard InChI is InChI=1S/C11H12BrFN2O3/c1-6-3-7(12)8(13)4-9(6)14-11(18)15(2)5-10(16)17/h3-4H,5H2,1-2H3,(H,14,18)(H,16,17). The number of hydrogen-bond donors (Lipinski definition) is 2. The molecule has 2 amide bonds. The third kappa shape index (κ3) is 3.69. The largest absolute Gasteiger partial charge is 0.480 e. The number of carbonyl (C=O) groups is 2. The van der Waals surface area contributed by atoms with E-state index in [1.807, 2.05) is 0 Å². The maximum Gasteiger partial charge on any atom is 0.323 e. The lowest BCUT2D eigenvalue weighted by atomic mass is 10.2. The Morgan fingerprint density at radius 2 is 2.11 bits per heavy atom. The molecule has 0 aliphatic heterocycles. The monoisotopic (exact) mass is 318 g/mol. The van der Waals surface area contributed by atoms with Gasteiger partial charge >= 0.3 is 12.0 Å². The highest BCUT2D eigenvalue weighted by molar-refractivity contribution is 9.10. The van der Waals surface area contributed by atoms with Gasteiger partial charge in [0.2, 0.25) is 0 Å². The summed E-state index contributed by atoms with van der Waals surface area (Å²) >= 11 is 3.03. The van der Waals surface area contributed by atoms with E-state index < -0.39 is 24.4 Å². The zero-order valence-corrected chi connectivity index (χ0v) is 11.4. The number of likely N-dealkylation sites (N-methyl/N-ethyl adjacent to an activating group) is 1. The smallest absolute Gasteiger partial charge is 0.323 e. The van der Waals surface area contributed by atoms with E-state index in [2.05, 4.69) is 21.2 Å². The number of carboxylic acids is 1. The fraction of sp³-hybridized carbons (Fsp3) is 0.273. The predicted octanol–water partition coefficient (Wildman–Crippen LogP) is 2.44. The van der Waals surface area contributed by atoms with E-state index in [1.54, 1.807) is 6.92 Å². The van der Waals surface area contributed by atoms with Gasteiger partial charge in [-0.15, -0.1) is 0 Å². The Morgan fingerprint density at radius 1 is 1.50 bits per heavy atom. The number of carboxylic acid groups (broad SMARTS) is 1. The van der Waals surface area contributed by atoms with Crippen LogP contribution in [0.25, 0.3) is 0 Å². The van der Waals surface area contributed by atoms with Crippen molar-refractivity contribution >= 4 is 33.6 Å². The molecule has 0 unspecified atom stereocenters. The van der Waals surface area contributed by atoms with Crippen molar-refractivity contribution in [2.24, 2.45) is 0 Å². The minimum absolute atomic E-state index is 0.303. The fourth-order valence-electron chi connectivity index (χ4n) is 1.27. The third-order valence-corrected chi connectivity index (χ3v) is 2.84. The molecule has 0 spiro atoms. The topological polar surface area (TPSA) is 69.6 Å². The Labute approximate surface area is 112 Å². The lowest BCUT2D eigenvalue weighted by Crippen LogP contribution is -2.35. The van der Waals surface area contributed by atoms with Crippen molar-refractivity contribution in [3.63, 3.8) is 0 Å². The van der Waals surface area contributed by atoms with E-state index in [0.29, 0.717) is 15.7 Å². The molecule has 1 aromatic carbocycles. The van der Waals surface area contributed by atoms with Crippen LogP contribution in [-0.4, -0.2) is 35.6 Å². The molecule has 0 atom stereocenters. The SMILES string of the molecule is Cc1cc(Br)c(F)cc1NC(=O)N(C)CC(=O)O. The van der Waals surface area contributed by atoms with Gasteiger partial charge in [0.1, 0.15) is 12.4 Å². The number of aliphatic carboxylic acids is 1. The fourth-order valence-corrected chi connectivity index (χ4v) is 1.72. The number of aryl methyl sites for hydroxylation is 1. The Morgan fingerprint density at radius 3 is 2.67 bits per heavy atom. The van der Waals surface area contributed by atoms with Crippen molar-refractivity contribution < 1.29 is 19.1 Å². The van der Waals surface area contributed by atoms with Crippen molar-refractivity contribution in [1.29, 1.82) is 0 Å².